The number of aryl methyl sites for hydroxylation is 1. The number of carbonyl (C=O) groups excluding carboxylic acids is 1. The van der Waals surface area contributed by atoms with Crippen LogP contribution < -0.4 is 0 Å². The first-order chi connectivity index (χ1) is 13.6. The third-order valence-corrected chi connectivity index (χ3v) is 5.24. The summed E-state index contributed by atoms with van der Waals surface area (Å²) < 4.78 is 5.93. The number of cyclic esters (lactones) is 1. The molecule has 3 rings (SSSR count). The average Bonchev–Trinajstić information content (AvgIpc) is 2.70. The lowest BCUT2D eigenvalue weighted by Gasteiger charge is -2.37. The second-order valence-electron chi connectivity index (χ2n) is 7.43. The number of benzene rings is 2. The lowest BCUT2D eigenvalue weighted by molar-refractivity contribution is -0.160. The quantitative estimate of drug-likeness (QED) is 0.573. The number of hydrogen-bond donors (Lipinski definition) is 1. The van der Waals surface area contributed by atoms with Gasteiger partial charge in [-0.2, -0.15) is 0 Å². The molecule has 28 heavy (non-hydrogen) atoms. The monoisotopic (exact) mass is 376 g/mol. The van der Waals surface area contributed by atoms with E-state index in [4.69, 9.17) is 4.74 Å². The molecule has 1 aliphatic heterocycles. The van der Waals surface area contributed by atoms with Crippen LogP contribution in [0.5, 0.6) is 0 Å². The highest BCUT2D eigenvalue weighted by Gasteiger charge is 2.40. The summed E-state index contributed by atoms with van der Waals surface area (Å²) in [6.07, 6.45) is 7.82. The number of rotatable bonds is 8. The Bertz CT molecular complexity index is 837. The van der Waals surface area contributed by atoms with Gasteiger partial charge in [0.25, 0.3) is 0 Å². The number of esters is 1. The SMILES string of the molecule is CCCC1(CCc2ccccc2)CC(O)=C(CC=Cc2ccccc2)C(=O)O1. The van der Waals surface area contributed by atoms with Gasteiger partial charge in [0, 0.05) is 12.8 Å². The third kappa shape index (κ3) is 5.13. The third-order valence-electron chi connectivity index (χ3n) is 5.24. The van der Waals surface area contributed by atoms with Crippen LogP contribution in [0.15, 0.2) is 78.1 Å². The maximum atomic E-state index is 12.7. The largest absolute Gasteiger partial charge is 0.512 e. The molecule has 1 N–H and O–H groups in total. The van der Waals surface area contributed by atoms with Gasteiger partial charge in [0.2, 0.25) is 0 Å². The van der Waals surface area contributed by atoms with Gasteiger partial charge in [-0.1, -0.05) is 86.2 Å². The van der Waals surface area contributed by atoms with E-state index in [-0.39, 0.29) is 11.7 Å². The Morgan fingerprint density at radius 1 is 1.04 bits per heavy atom. The molecule has 0 aliphatic carbocycles. The predicted octanol–water partition coefficient (Wildman–Crippen LogP) is 6.02. The molecule has 1 heterocycles. The summed E-state index contributed by atoms with van der Waals surface area (Å²) in [6, 6.07) is 20.1. The van der Waals surface area contributed by atoms with Gasteiger partial charge in [-0.3, -0.25) is 0 Å². The normalized spacial score (nSPS) is 19.8. The summed E-state index contributed by atoms with van der Waals surface area (Å²) >= 11 is 0. The van der Waals surface area contributed by atoms with Gasteiger partial charge in [0.1, 0.15) is 11.4 Å². The maximum absolute atomic E-state index is 12.7. The molecule has 0 saturated carbocycles. The van der Waals surface area contributed by atoms with Crippen molar-refractivity contribution in [2.24, 2.45) is 0 Å². The Morgan fingerprint density at radius 2 is 1.71 bits per heavy atom. The van der Waals surface area contributed by atoms with Crippen LogP contribution in [0.1, 0.15) is 50.2 Å². The van der Waals surface area contributed by atoms with Crippen LogP contribution in [0.2, 0.25) is 0 Å². The van der Waals surface area contributed by atoms with Crippen molar-refractivity contribution in [1.29, 1.82) is 0 Å². The van der Waals surface area contributed by atoms with E-state index in [0.717, 1.165) is 24.8 Å². The highest BCUT2D eigenvalue weighted by atomic mass is 16.6. The molecule has 3 nitrogen and oxygen atoms in total. The Morgan fingerprint density at radius 3 is 2.36 bits per heavy atom. The lowest BCUT2D eigenvalue weighted by atomic mass is 9.83. The fourth-order valence-electron chi connectivity index (χ4n) is 3.78. The molecular weight excluding hydrogens is 348 g/mol. The highest BCUT2D eigenvalue weighted by molar-refractivity contribution is 5.90. The van der Waals surface area contributed by atoms with Crippen molar-refractivity contribution in [2.75, 3.05) is 0 Å². The fraction of sp³-hybridized carbons (Fsp3) is 0.320. The number of hydrogen-bond acceptors (Lipinski definition) is 3. The summed E-state index contributed by atoms with van der Waals surface area (Å²) in [5, 5.41) is 10.6. The van der Waals surface area contributed by atoms with E-state index in [1.165, 1.54) is 5.56 Å². The van der Waals surface area contributed by atoms with Crippen LogP contribution in [-0.2, 0) is 16.0 Å². The Labute approximate surface area is 167 Å². The van der Waals surface area contributed by atoms with E-state index < -0.39 is 5.60 Å². The minimum Gasteiger partial charge on any atom is -0.512 e. The van der Waals surface area contributed by atoms with Crippen LogP contribution in [-0.4, -0.2) is 16.7 Å². The Hall–Kier alpha value is -2.81. The van der Waals surface area contributed by atoms with Crippen molar-refractivity contribution in [1.82, 2.24) is 0 Å². The van der Waals surface area contributed by atoms with Crippen molar-refractivity contribution in [2.45, 2.75) is 51.0 Å². The molecule has 0 radical (unpaired) electrons. The maximum Gasteiger partial charge on any atom is 0.338 e. The molecule has 0 bridgehead atoms. The topological polar surface area (TPSA) is 46.5 Å². The molecule has 0 fully saturated rings. The summed E-state index contributed by atoms with van der Waals surface area (Å²) in [5.41, 5.74) is 2.04. The first-order valence-corrected chi connectivity index (χ1v) is 10.0. The summed E-state index contributed by atoms with van der Waals surface area (Å²) in [4.78, 5) is 12.7. The molecular formula is C25H28O3. The molecule has 1 atom stereocenters. The molecule has 2 aromatic rings. The van der Waals surface area contributed by atoms with Crippen molar-refractivity contribution < 1.29 is 14.6 Å². The van der Waals surface area contributed by atoms with Gasteiger partial charge in [0.05, 0.1) is 5.57 Å². The molecule has 0 spiro atoms. The van der Waals surface area contributed by atoms with Crippen molar-refractivity contribution in [3.8, 4) is 0 Å². The van der Waals surface area contributed by atoms with Gasteiger partial charge in [-0.05, 0) is 30.4 Å². The van der Waals surface area contributed by atoms with E-state index in [1.807, 2.05) is 60.7 Å². The predicted molar refractivity (Wildman–Crippen MR) is 113 cm³/mol. The summed E-state index contributed by atoms with van der Waals surface area (Å²) in [7, 11) is 0. The smallest absolute Gasteiger partial charge is 0.338 e. The van der Waals surface area contributed by atoms with Gasteiger partial charge in [0.15, 0.2) is 0 Å². The summed E-state index contributed by atoms with van der Waals surface area (Å²) in [6.45, 7) is 2.08. The first kappa shape index (κ1) is 19.9. The Balaban J connectivity index is 1.70. The minimum atomic E-state index is -0.613. The molecule has 3 heteroatoms. The van der Waals surface area contributed by atoms with Crippen molar-refractivity contribution >= 4 is 12.0 Å². The Kier molecular flexibility index (Phi) is 6.70. The number of ether oxygens (including phenoxy) is 1. The van der Waals surface area contributed by atoms with Crippen LogP contribution in [0.4, 0.5) is 0 Å². The van der Waals surface area contributed by atoms with Gasteiger partial charge >= 0.3 is 5.97 Å². The van der Waals surface area contributed by atoms with E-state index in [2.05, 4.69) is 19.1 Å². The van der Waals surface area contributed by atoms with E-state index in [0.29, 0.717) is 24.8 Å². The molecule has 1 unspecified atom stereocenters. The molecule has 1 aliphatic rings. The summed E-state index contributed by atoms with van der Waals surface area (Å²) in [5.74, 6) is -0.210. The lowest BCUT2D eigenvalue weighted by Crippen LogP contribution is -2.40. The standard InChI is InChI=1S/C25H28O3/c1-2-17-25(18-16-21-12-7-4-8-13-21)19-23(26)22(24(27)28-25)15-9-14-20-10-5-3-6-11-20/h3-14,26H,2,15-19H2,1H3. The zero-order valence-electron chi connectivity index (χ0n) is 16.4. The average molecular weight is 376 g/mol. The number of aliphatic hydroxyl groups is 1. The van der Waals surface area contributed by atoms with Crippen molar-refractivity contribution in [3.05, 3.63) is 89.2 Å². The van der Waals surface area contributed by atoms with Crippen LogP contribution in [0.25, 0.3) is 6.08 Å². The molecule has 146 valence electrons. The van der Waals surface area contributed by atoms with E-state index in [9.17, 15) is 9.90 Å². The molecule has 0 saturated heterocycles. The van der Waals surface area contributed by atoms with Crippen LogP contribution in [0, 0.1) is 0 Å². The molecule has 2 aromatic carbocycles. The van der Waals surface area contributed by atoms with E-state index >= 15 is 0 Å². The van der Waals surface area contributed by atoms with E-state index in [1.54, 1.807) is 0 Å². The van der Waals surface area contributed by atoms with Gasteiger partial charge in [-0.25, -0.2) is 4.79 Å². The van der Waals surface area contributed by atoms with Crippen LogP contribution in [0.3, 0.4) is 0 Å². The molecule has 0 aromatic heterocycles. The fourth-order valence-corrected chi connectivity index (χ4v) is 3.78. The van der Waals surface area contributed by atoms with Crippen molar-refractivity contribution in [3.63, 3.8) is 0 Å². The van der Waals surface area contributed by atoms with Gasteiger partial charge in [-0.15, -0.1) is 0 Å². The second-order valence-corrected chi connectivity index (χ2v) is 7.43. The first-order valence-electron chi connectivity index (χ1n) is 10.0. The number of aliphatic hydroxyl groups excluding tert-OH is 1. The highest BCUT2D eigenvalue weighted by Crippen LogP contribution is 2.37. The van der Waals surface area contributed by atoms with Gasteiger partial charge < -0.3 is 9.84 Å². The van der Waals surface area contributed by atoms with Crippen LogP contribution >= 0.6 is 0 Å². The second kappa shape index (κ2) is 9.41. The minimum absolute atomic E-state index is 0.176. The zero-order valence-corrected chi connectivity index (χ0v) is 16.4. The zero-order chi connectivity index (χ0) is 19.8. The number of allylic oxidation sites excluding steroid dienone is 1. The number of carbonyl (C=O) groups is 1. The molecule has 0 amide bonds.